The number of aromatic nitrogens is 1. The summed E-state index contributed by atoms with van der Waals surface area (Å²) in [7, 11) is 0. The molecule has 4 heteroatoms. The van der Waals surface area contributed by atoms with E-state index in [1.165, 1.54) is 16.9 Å². The fraction of sp³-hybridized carbons (Fsp3) is 0.231. The van der Waals surface area contributed by atoms with Crippen molar-refractivity contribution in [3.63, 3.8) is 0 Å². The van der Waals surface area contributed by atoms with Gasteiger partial charge in [-0.05, 0) is 48.1 Å². The van der Waals surface area contributed by atoms with Gasteiger partial charge < -0.3 is 5.32 Å². The molecule has 0 aromatic carbocycles. The Kier molecular flexibility index (Phi) is 3.88. The Hall–Kier alpha value is -1.68. The van der Waals surface area contributed by atoms with Gasteiger partial charge in [-0.1, -0.05) is 0 Å². The minimum absolute atomic E-state index is 0.0200. The van der Waals surface area contributed by atoms with Crippen molar-refractivity contribution in [3.8, 4) is 0 Å². The average molecular weight is 246 g/mol. The van der Waals surface area contributed by atoms with Gasteiger partial charge in [0.25, 0.3) is 5.91 Å². The van der Waals surface area contributed by atoms with Crippen molar-refractivity contribution in [1.82, 2.24) is 10.3 Å². The number of nitrogens with one attached hydrogen (secondary N) is 1. The highest BCUT2D eigenvalue weighted by atomic mass is 32.1. The quantitative estimate of drug-likeness (QED) is 0.900. The average Bonchev–Trinajstić information content (AvgIpc) is 2.77. The summed E-state index contributed by atoms with van der Waals surface area (Å²) < 4.78 is 0. The fourth-order valence-electron chi connectivity index (χ4n) is 1.56. The molecule has 0 saturated heterocycles. The first-order valence-electron chi connectivity index (χ1n) is 5.48. The number of rotatable bonds is 4. The standard InChI is InChI=1S/C13H14N2OS/c1-10-5-9-17-12(10)13(16)15-8-4-11-2-6-14-7-3-11/h2-3,5-7,9H,4,8H2,1H3,(H,15,16). The number of hydrogen-bond acceptors (Lipinski definition) is 3. The molecule has 0 fully saturated rings. The molecule has 0 aliphatic rings. The fourth-order valence-corrected chi connectivity index (χ4v) is 2.40. The molecule has 1 amide bonds. The van der Waals surface area contributed by atoms with Gasteiger partial charge in [-0.15, -0.1) is 11.3 Å². The van der Waals surface area contributed by atoms with Gasteiger partial charge in [0.1, 0.15) is 0 Å². The summed E-state index contributed by atoms with van der Waals surface area (Å²) in [5.74, 6) is 0.0200. The molecule has 2 rings (SSSR count). The molecule has 3 nitrogen and oxygen atoms in total. The van der Waals surface area contributed by atoms with E-state index in [4.69, 9.17) is 0 Å². The Labute approximate surface area is 105 Å². The van der Waals surface area contributed by atoms with Crippen molar-refractivity contribution in [2.24, 2.45) is 0 Å². The molecule has 17 heavy (non-hydrogen) atoms. The van der Waals surface area contributed by atoms with E-state index in [1.807, 2.05) is 30.5 Å². The molecule has 0 atom stereocenters. The Bertz CT molecular complexity index is 493. The van der Waals surface area contributed by atoms with Crippen LogP contribution in [-0.2, 0) is 6.42 Å². The van der Waals surface area contributed by atoms with E-state index >= 15 is 0 Å². The molecule has 0 bridgehead atoms. The van der Waals surface area contributed by atoms with Gasteiger partial charge in [0.15, 0.2) is 0 Å². The number of nitrogens with zero attached hydrogens (tertiary/aromatic N) is 1. The highest BCUT2D eigenvalue weighted by molar-refractivity contribution is 7.12. The maximum absolute atomic E-state index is 11.8. The van der Waals surface area contributed by atoms with Gasteiger partial charge >= 0.3 is 0 Å². The largest absolute Gasteiger partial charge is 0.351 e. The molecular formula is C13H14N2OS. The first-order chi connectivity index (χ1) is 8.27. The monoisotopic (exact) mass is 246 g/mol. The summed E-state index contributed by atoms with van der Waals surface area (Å²) in [6.45, 7) is 2.61. The first-order valence-corrected chi connectivity index (χ1v) is 6.36. The number of thiophene rings is 1. The van der Waals surface area contributed by atoms with Gasteiger partial charge in [0.05, 0.1) is 4.88 Å². The second kappa shape index (κ2) is 5.59. The number of amides is 1. The van der Waals surface area contributed by atoms with Crippen LogP contribution in [0.3, 0.4) is 0 Å². The molecule has 88 valence electrons. The van der Waals surface area contributed by atoms with Gasteiger partial charge in [-0.25, -0.2) is 0 Å². The molecule has 2 aromatic heterocycles. The van der Waals surface area contributed by atoms with Crippen LogP contribution in [0, 0.1) is 6.92 Å². The number of pyridine rings is 1. The lowest BCUT2D eigenvalue weighted by Gasteiger charge is -2.04. The Morgan fingerprint density at radius 2 is 2.12 bits per heavy atom. The topological polar surface area (TPSA) is 42.0 Å². The van der Waals surface area contributed by atoms with E-state index < -0.39 is 0 Å². The predicted molar refractivity (Wildman–Crippen MR) is 69.3 cm³/mol. The summed E-state index contributed by atoms with van der Waals surface area (Å²) >= 11 is 1.48. The minimum atomic E-state index is 0.0200. The molecule has 0 unspecified atom stereocenters. The Morgan fingerprint density at radius 3 is 2.76 bits per heavy atom. The normalized spacial score (nSPS) is 10.2. The van der Waals surface area contributed by atoms with Crippen LogP contribution in [-0.4, -0.2) is 17.4 Å². The highest BCUT2D eigenvalue weighted by Gasteiger charge is 2.08. The molecule has 0 spiro atoms. The van der Waals surface area contributed by atoms with Gasteiger partial charge in [0, 0.05) is 18.9 Å². The van der Waals surface area contributed by atoms with Crippen molar-refractivity contribution in [3.05, 3.63) is 52.0 Å². The van der Waals surface area contributed by atoms with E-state index in [0.717, 1.165) is 16.9 Å². The third kappa shape index (κ3) is 3.14. The second-order valence-electron chi connectivity index (χ2n) is 3.79. The molecule has 0 aliphatic heterocycles. The van der Waals surface area contributed by atoms with E-state index in [1.54, 1.807) is 12.4 Å². The number of carbonyl (C=O) groups is 1. The maximum atomic E-state index is 11.8. The minimum Gasteiger partial charge on any atom is -0.351 e. The van der Waals surface area contributed by atoms with Crippen LogP contribution in [0.5, 0.6) is 0 Å². The van der Waals surface area contributed by atoms with Crippen molar-refractivity contribution >= 4 is 17.2 Å². The molecule has 0 aliphatic carbocycles. The first kappa shape index (κ1) is 11.8. The Morgan fingerprint density at radius 1 is 1.35 bits per heavy atom. The zero-order chi connectivity index (χ0) is 12.1. The van der Waals surface area contributed by atoms with Crippen molar-refractivity contribution in [1.29, 1.82) is 0 Å². The summed E-state index contributed by atoms with van der Waals surface area (Å²) in [6, 6.07) is 5.88. The molecule has 0 saturated carbocycles. The van der Waals surface area contributed by atoms with Crippen LogP contribution < -0.4 is 5.32 Å². The third-order valence-corrected chi connectivity index (χ3v) is 3.53. The van der Waals surface area contributed by atoms with Crippen molar-refractivity contribution < 1.29 is 4.79 Å². The van der Waals surface area contributed by atoms with Gasteiger partial charge in [-0.2, -0.15) is 0 Å². The number of hydrogen-bond donors (Lipinski definition) is 1. The summed E-state index contributed by atoms with van der Waals surface area (Å²) in [4.78, 5) is 16.6. The molecule has 2 heterocycles. The van der Waals surface area contributed by atoms with E-state index in [9.17, 15) is 4.79 Å². The second-order valence-corrected chi connectivity index (χ2v) is 4.71. The zero-order valence-corrected chi connectivity index (χ0v) is 10.5. The summed E-state index contributed by atoms with van der Waals surface area (Å²) in [6.07, 6.45) is 4.36. The predicted octanol–water partition coefficient (Wildman–Crippen LogP) is 2.42. The van der Waals surface area contributed by atoms with Crippen LogP contribution in [0.25, 0.3) is 0 Å². The van der Waals surface area contributed by atoms with Gasteiger partial charge in [0.2, 0.25) is 0 Å². The third-order valence-electron chi connectivity index (χ3n) is 2.52. The Balaban J connectivity index is 1.84. The summed E-state index contributed by atoms with van der Waals surface area (Å²) in [5.41, 5.74) is 2.22. The van der Waals surface area contributed by atoms with Crippen molar-refractivity contribution in [2.75, 3.05) is 6.54 Å². The van der Waals surface area contributed by atoms with Crippen LogP contribution in [0.2, 0.25) is 0 Å². The van der Waals surface area contributed by atoms with Crippen LogP contribution in [0.4, 0.5) is 0 Å². The SMILES string of the molecule is Cc1ccsc1C(=O)NCCc1ccncc1. The molecule has 1 N–H and O–H groups in total. The number of carbonyl (C=O) groups excluding carboxylic acids is 1. The van der Waals surface area contributed by atoms with Gasteiger partial charge in [-0.3, -0.25) is 9.78 Å². The van der Waals surface area contributed by atoms with Crippen LogP contribution >= 0.6 is 11.3 Å². The molecule has 2 aromatic rings. The summed E-state index contributed by atoms with van der Waals surface area (Å²) in [5, 5.41) is 4.86. The van der Waals surface area contributed by atoms with E-state index in [0.29, 0.717) is 6.54 Å². The lowest BCUT2D eigenvalue weighted by atomic mass is 10.2. The lowest BCUT2D eigenvalue weighted by molar-refractivity contribution is 0.0957. The zero-order valence-electron chi connectivity index (χ0n) is 9.64. The van der Waals surface area contributed by atoms with Crippen LogP contribution in [0.1, 0.15) is 20.8 Å². The maximum Gasteiger partial charge on any atom is 0.261 e. The molecule has 0 radical (unpaired) electrons. The lowest BCUT2D eigenvalue weighted by Crippen LogP contribution is -2.25. The smallest absolute Gasteiger partial charge is 0.261 e. The highest BCUT2D eigenvalue weighted by Crippen LogP contribution is 2.14. The van der Waals surface area contributed by atoms with Crippen LogP contribution in [0.15, 0.2) is 36.0 Å². The van der Waals surface area contributed by atoms with Crippen molar-refractivity contribution in [2.45, 2.75) is 13.3 Å². The van der Waals surface area contributed by atoms with E-state index in [2.05, 4.69) is 10.3 Å². The number of aryl methyl sites for hydroxylation is 1. The molecular weight excluding hydrogens is 232 g/mol. The van der Waals surface area contributed by atoms with E-state index in [-0.39, 0.29) is 5.91 Å².